The van der Waals surface area contributed by atoms with Gasteiger partial charge in [0.1, 0.15) is 0 Å². The first-order chi connectivity index (χ1) is 9.93. The van der Waals surface area contributed by atoms with Gasteiger partial charge >= 0.3 is 0 Å². The number of nitrogens with one attached hydrogen (secondary N) is 1. The molecule has 2 unspecified atom stereocenters. The maximum atomic E-state index is 14.1. The van der Waals surface area contributed by atoms with Gasteiger partial charge in [-0.1, -0.05) is 12.1 Å². The summed E-state index contributed by atoms with van der Waals surface area (Å²) in [6.45, 7) is 4.42. The van der Waals surface area contributed by atoms with Gasteiger partial charge in [0.2, 0.25) is 0 Å². The quantitative estimate of drug-likeness (QED) is 0.652. The van der Waals surface area contributed by atoms with E-state index in [0.29, 0.717) is 17.5 Å². The highest BCUT2D eigenvalue weighted by atomic mass is 19.2. The predicted octanol–water partition coefficient (Wildman–Crippen LogP) is 1.41. The molecule has 0 aromatic heterocycles. The van der Waals surface area contributed by atoms with E-state index in [1.165, 1.54) is 0 Å². The Balaban J connectivity index is 2.18. The van der Waals surface area contributed by atoms with Crippen molar-refractivity contribution in [2.45, 2.75) is 25.4 Å². The number of halogens is 2. The lowest BCUT2D eigenvalue weighted by atomic mass is 9.96. The van der Waals surface area contributed by atoms with Crippen molar-refractivity contribution in [3.8, 4) is 0 Å². The van der Waals surface area contributed by atoms with E-state index >= 15 is 0 Å². The first-order valence-electron chi connectivity index (χ1n) is 7.23. The zero-order valence-electron chi connectivity index (χ0n) is 12.9. The largest absolute Gasteiger partial charge is 0.304 e. The van der Waals surface area contributed by atoms with Gasteiger partial charge in [-0.3, -0.25) is 11.3 Å². The van der Waals surface area contributed by atoms with Gasteiger partial charge in [-0.05, 0) is 33.0 Å². The maximum Gasteiger partial charge on any atom is 0.163 e. The van der Waals surface area contributed by atoms with Crippen LogP contribution in [0.15, 0.2) is 12.1 Å². The van der Waals surface area contributed by atoms with E-state index in [1.807, 2.05) is 0 Å². The second-order valence-electron chi connectivity index (χ2n) is 5.95. The highest BCUT2D eigenvalue weighted by molar-refractivity contribution is 5.28. The number of nitrogens with two attached hydrogens (primary N) is 1. The molecule has 2 atom stereocenters. The number of nitrogens with zero attached hydrogens (tertiary/aromatic N) is 2. The van der Waals surface area contributed by atoms with Crippen molar-refractivity contribution in [2.24, 2.45) is 5.84 Å². The molecule has 0 spiro atoms. The molecule has 6 heteroatoms. The fourth-order valence-electron chi connectivity index (χ4n) is 2.84. The van der Waals surface area contributed by atoms with Gasteiger partial charge in [0.15, 0.2) is 11.6 Å². The third-order valence-corrected chi connectivity index (χ3v) is 4.37. The third kappa shape index (κ3) is 3.58. The SMILES string of the molecule is Cc1ccc(C(CC2CN(C)CCN2C)NN)c(F)c1F. The van der Waals surface area contributed by atoms with Gasteiger partial charge in [0.25, 0.3) is 0 Å². The predicted molar refractivity (Wildman–Crippen MR) is 79.7 cm³/mol. The van der Waals surface area contributed by atoms with Crippen molar-refractivity contribution in [3.05, 3.63) is 34.9 Å². The highest BCUT2D eigenvalue weighted by Crippen LogP contribution is 2.26. The zero-order valence-corrected chi connectivity index (χ0v) is 12.9. The Morgan fingerprint density at radius 3 is 2.67 bits per heavy atom. The van der Waals surface area contributed by atoms with E-state index in [1.54, 1.807) is 19.1 Å². The molecule has 1 saturated heterocycles. The van der Waals surface area contributed by atoms with Crippen LogP contribution in [0.25, 0.3) is 0 Å². The Bertz CT molecular complexity index is 495. The molecular weight excluding hydrogens is 274 g/mol. The number of hydrazine groups is 1. The van der Waals surface area contributed by atoms with Crippen LogP contribution in [-0.2, 0) is 0 Å². The molecular formula is C15H24F2N4. The van der Waals surface area contributed by atoms with Gasteiger partial charge in [0, 0.05) is 31.2 Å². The van der Waals surface area contributed by atoms with Crippen molar-refractivity contribution in [3.63, 3.8) is 0 Å². The van der Waals surface area contributed by atoms with Crippen LogP contribution < -0.4 is 11.3 Å². The van der Waals surface area contributed by atoms with Crippen LogP contribution in [0.4, 0.5) is 8.78 Å². The minimum atomic E-state index is -0.801. The topological polar surface area (TPSA) is 44.5 Å². The van der Waals surface area contributed by atoms with Crippen molar-refractivity contribution < 1.29 is 8.78 Å². The van der Waals surface area contributed by atoms with Gasteiger partial charge in [-0.2, -0.15) is 0 Å². The molecule has 0 saturated carbocycles. The zero-order chi connectivity index (χ0) is 15.6. The minimum absolute atomic E-state index is 0.258. The Labute approximate surface area is 124 Å². The Morgan fingerprint density at radius 1 is 1.29 bits per heavy atom. The van der Waals surface area contributed by atoms with Crippen LogP contribution in [-0.4, -0.2) is 49.6 Å². The van der Waals surface area contributed by atoms with Crippen LogP contribution >= 0.6 is 0 Å². The lowest BCUT2D eigenvalue weighted by molar-refractivity contribution is 0.101. The van der Waals surface area contributed by atoms with Crippen molar-refractivity contribution in [1.82, 2.24) is 15.2 Å². The van der Waals surface area contributed by atoms with Crippen molar-refractivity contribution in [1.29, 1.82) is 0 Å². The Hall–Kier alpha value is -1.08. The molecule has 21 heavy (non-hydrogen) atoms. The summed E-state index contributed by atoms with van der Waals surface area (Å²) in [6.07, 6.45) is 0.636. The molecule has 1 heterocycles. The normalized spacial score (nSPS) is 22.5. The van der Waals surface area contributed by atoms with E-state index in [4.69, 9.17) is 5.84 Å². The van der Waals surface area contributed by atoms with Gasteiger partial charge in [0.05, 0.1) is 6.04 Å². The number of hydrogen-bond acceptors (Lipinski definition) is 4. The highest BCUT2D eigenvalue weighted by Gasteiger charge is 2.27. The summed E-state index contributed by atoms with van der Waals surface area (Å²) < 4.78 is 27.9. The van der Waals surface area contributed by atoms with Crippen LogP contribution in [0.3, 0.4) is 0 Å². The smallest absolute Gasteiger partial charge is 0.163 e. The lowest BCUT2D eigenvalue weighted by Crippen LogP contribution is -2.51. The number of rotatable bonds is 4. The van der Waals surface area contributed by atoms with E-state index < -0.39 is 17.7 Å². The summed E-state index contributed by atoms with van der Waals surface area (Å²) in [6, 6.07) is 3.06. The van der Waals surface area contributed by atoms with Gasteiger partial charge < -0.3 is 9.80 Å². The molecule has 3 N–H and O–H groups in total. The first-order valence-corrected chi connectivity index (χ1v) is 7.23. The van der Waals surface area contributed by atoms with E-state index in [9.17, 15) is 8.78 Å². The van der Waals surface area contributed by atoms with Crippen LogP contribution in [0.5, 0.6) is 0 Å². The van der Waals surface area contributed by atoms with E-state index in [2.05, 4.69) is 29.3 Å². The number of piperazine rings is 1. The fraction of sp³-hybridized carbons (Fsp3) is 0.600. The van der Waals surface area contributed by atoms with Gasteiger partial charge in [-0.25, -0.2) is 8.78 Å². The summed E-state index contributed by atoms with van der Waals surface area (Å²) in [7, 11) is 4.12. The summed E-state index contributed by atoms with van der Waals surface area (Å²) in [5.41, 5.74) is 3.24. The molecule has 4 nitrogen and oxygen atoms in total. The molecule has 118 valence electrons. The summed E-state index contributed by atoms with van der Waals surface area (Å²) in [4.78, 5) is 4.48. The Kier molecular flexibility index (Phi) is 5.27. The molecule has 1 fully saturated rings. The number of hydrogen-bond donors (Lipinski definition) is 2. The molecule has 0 amide bonds. The first kappa shape index (κ1) is 16.3. The average Bonchev–Trinajstić information content (AvgIpc) is 2.46. The molecule has 2 rings (SSSR count). The molecule has 0 bridgehead atoms. The Morgan fingerprint density at radius 2 is 2.00 bits per heavy atom. The summed E-state index contributed by atoms with van der Waals surface area (Å²) >= 11 is 0. The lowest BCUT2D eigenvalue weighted by Gasteiger charge is -2.39. The van der Waals surface area contributed by atoms with Gasteiger partial charge in [-0.15, -0.1) is 0 Å². The molecule has 0 radical (unpaired) electrons. The monoisotopic (exact) mass is 298 g/mol. The van der Waals surface area contributed by atoms with E-state index in [-0.39, 0.29) is 6.04 Å². The second-order valence-corrected chi connectivity index (χ2v) is 5.95. The molecule has 1 aliphatic rings. The number of benzene rings is 1. The fourth-order valence-corrected chi connectivity index (χ4v) is 2.84. The second kappa shape index (κ2) is 6.79. The molecule has 0 aliphatic carbocycles. The third-order valence-electron chi connectivity index (χ3n) is 4.37. The minimum Gasteiger partial charge on any atom is -0.304 e. The average molecular weight is 298 g/mol. The standard InChI is InChI=1S/C15H24F2N4/c1-10-4-5-12(15(17)14(10)16)13(19-18)8-11-9-20(2)6-7-21(11)3/h4-5,11,13,19H,6-9,18H2,1-3H3. The van der Waals surface area contributed by atoms with Crippen LogP contribution in [0.2, 0.25) is 0 Å². The van der Waals surface area contributed by atoms with Crippen molar-refractivity contribution in [2.75, 3.05) is 33.7 Å². The number of aryl methyl sites for hydroxylation is 1. The summed E-state index contributed by atoms with van der Waals surface area (Å²) in [5, 5.41) is 0. The summed E-state index contributed by atoms with van der Waals surface area (Å²) in [5.74, 6) is 4.00. The molecule has 1 aromatic carbocycles. The maximum absolute atomic E-state index is 14.1. The number of likely N-dealkylation sites (N-methyl/N-ethyl adjacent to an activating group) is 2. The molecule has 1 aromatic rings. The van der Waals surface area contributed by atoms with E-state index in [0.717, 1.165) is 19.6 Å². The van der Waals surface area contributed by atoms with Crippen LogP contribution in [0.1, 0.15) is 23.6 Å². The van der Waals surface area contributed by atoms with Crippen molar-refractivity contribution >= 4 is 0 Å². The van der Waals surface area contributed by atoms with Crippen LogP contribution in [0, 0.1) is 18.6 Å². The molecule has 1 aliphatic heterocycles.